The van der Waals surface area contributed by atoms with Crippen LogP contribution in [0.5, 0.6) is 17.2 Å². The maximum absolute atomic E-state index is 15.4. The highest BCUT2D eigenvalue weighted by Gasteiger charge is 2.20. The minimum absolute atomic E-state index is 0.00731. The molecule has 42 heavy (non-hydrogen) atoms. The van der Waals surface area contributed by atoms with Crippen LogP contribution in [-0.2, 0) is 11.2 Å². The van der Waals surface area contributed by atoms with Crippen molar-refractivity contribution in [3.8, 4) is 34.8 Å². The molecule has 0 radical (unpaired) electrons. The van der Waals surface area contributed by atoms with Crippen LogP contribution < -0.4 is 9.47 Å². The number of aryl methyl sites for hydroxylation is 1. The summed E-state index contributed by atoms with van der Waals surface area (Å²) in [6, 6.07) is 14.7. The van der Waals surface area contributed by atoms with Gasteiger partial charge in [0.2, 0.25) is 11.8 Å². The van der Waals surface area contributed by atoms with E-state index in [0.717, 1.165) is 18.7 Å². The second kappa shape index (κ2) is 13.5. The lowest BCUT2D eigenvalue weighted by molar-refractivity contribution is 0.00465. The minimum Gasteiger partial charge on any atom is -0.491 e. The van der Waals surface area contributed by atoms with Crippen LogP contribution in [0.3, 0.4) is 0 Å². The number of benzene rings is 3. The van der Waals surface area contributed by atoms with E-state index in [1.807, 2.05) is 19.1 Å². The zero-order valence-electron chi connectivity index (χ0n) is 22.6. The second-order valence-corrected chi connectivity index (χ2v) is 10.6. The van der Waals surface area contributed by atoms with Crippen molar-refractivity contribution < 1.29 is 28.1 Å². The number of aliphatic hydroxyl groups excluding tert-OH is 1. The summed E-state index contributed by atoms with van der Waals surface area (Å²) in [5.41, 5.74) is 2.02. The highest BCUT2D eigenvalue weighted by atomic mass is 35.5. The van der Waals surface area contributed by atoms with Gasteiger partial charge in [0.15, 0.2) is 11.6 Å². The number of halogens is 3. The van der Waals surface area contributed by atoms with Gasteiger partial charge in [0.1, 0.15) is 24.2 Å². The molecule has 12 heteroatoms. The highest BCUT2D eigenvalue weighted by Crippen LogP contribution is 2.36. The Balaban J connectivity index is 1.24. The summed E-state index contributed by atoms with van der Waals surface area (Å²) in [4.78, 5) is 2.15. The molecule has 0 unspecified atom stereocenters. The number of nitrogens with zero attached hydrogens (tertiary/aromatic N) is 4. The quantitative estimate of drug-likeness (QED) is 0.237. The molecule has 0 saturated carbocycles. The van der Waals surface area contributed by atoms with Crippen molar-refractivity contribution in [2.45, 2.75) is 19.4 Å². The van der Waals surface area contributed by atoms with Gasteiger partial charge in [-0.3, -0.25) is 4.90 Å². The molecule has 1 saturated heterocycles. The second-order valence-electron chi connectivity index (χ2n) is 9.77. The first-order chi connectivity index (χ1) is 20.3. The van der Waals surface area contributed by atoms with E-state index in [1.165, 1.54) is 30.3 Å². The Morgan fingerprint density at radius 1 is 1.10 bits per heavy atom. The van der Waals surface area contributed by atoms with Gasteiger partial charge >= 0.3 is 0 Å². The molecule has 9 nitrogen and oxygen atoms in total. The number of aromatic nitrogens is 2. The van der Waals surface area contributed by atoms with Crippen LogP contribution in [0, 0.1) is 24.1 Å². The molecule has 1 aromatic heterocycles. The topological polar surface area (TPSA) is 114 Å². The molecule has 5 rings (SSSR count). The van der Waals surface area contributed by atoms with Gasteiger partial charge < -0.3 is 23.7 Å². The smallest absolute Gasteiger partial charge is 0.248 e. The van der Waals surface area contributed by atoms with Crippen LogP contribution in [-0.4, -0.2) is 65.8 Å². The first kappa shape index (κ1) is 29.8. The average Bonchev–Trinajstić information content (AvgIpc) is 3.44. The van der Waals surface area contributed by atoms with Gasteiger partial charge in [-0.15, -0.1) is 10.2 Å². The molecule has 218 valence electrons. The molecular formula is C30H27Cl2FN4O5. The van der Waals surface area contributed by atoms with Crippen molar-refractivity contribution in [1.29, 1.82) is 5.26 Å². The van der Waals surface area contributed by atoms with Gasteiger partial charge in [0.25, 0.3) is 0 Å². The van der Waals surface area contributed by atoms with Gasteiger partial charge in [0.05, 0.1) is 36.3 Å². The summed E-state index contributed by atoms with van der Waals surface area (Å²) in [7, 11) is 0. The maximum atomic E-state index is 15.4. The van der Waals surface area contributed by atoms with E-state index in [0.29, 0.717) is 31.1 Å². The predicted octanol–water partition coefficient (Wildman–Crippen LogP) is 5.82. The summed E-state index contributed by atoms with van der Waals surface area (Å²) >= 11 is 12.3. The van der Waals surface area contributed by atoms with Crippen LogP contribution in [0.1, 0.15) is 22.6 Å². The van der Waals surface area contributed by atoms with Crippen molar-refractivity contribution in [3.05, 3.63) is 87.0 Å². The number of ether oxygens (including phenoxy) is 3. The minimum atomic E-state index is -0.700. The van der Waals surface area contributed by atoms with Crippen LogP contribution >= 0.6 is 23.2 Å². The van der Waals surface area contributed by atoms with E-state index >= 15 is 4.39 Å². The third-order valence-electron chi connectivity index (χ3n) is 6.60. The number of nitriles is 1. The summed E-state index contributed by atoms with van der Waals surface area (Å²) in [5, 5.41) is 28.1. The van der Waals surface area contributed by atoms with E-state index in [2.05, 4.69) is 15.1 Å². The number of aliphatic hydroxyl groups is 1. The van der Waals surface area contributed by atoms with Gasteiger partial charge in [0, 0.05) is 35.8 Å². The Bertz CT molecular complexity index is 1600. The molecule has 1 N–H and O–H groups in total. The van der Waals surface area contributed by atoms with Crippen molar-refractivity contribution in [1.82, 2.24) is 15.1 Å². The Morgan fingerprint density at radius 2 is 1.90 bits per heavy atom. The van der Waals surface area contributed by atoms with E-state index in [9.17, 15) is 10.4 Å². The van der Waals surface area contributed by atoms with Crippen LogP contribution in [0.25, 0.3) is 11.5 Å². The third-order valence-corrected chi connectivity index (χ3v) is 7.12. The molecule has 2 heterocycles. The fourth-order valence-electron chi connectivity index (χ4n) is 4.50. The van der Waals surface area contributed by atoms with Crippen LogP contribution in [0.4, 0.5) is 4.39 Å². The molecule has 0 bridgehead atoms. The van der Waals surface area contributed by atoms with E-state index in [1.54, 1.807) is 12.1 Å². The lowest BCUT2D eigenvalue weighted by Crippen LogP contribution is -2.42. The number of rotatable bonds is 10. The van der Waals surface area contributed by atoms with Crippen molar-refractivity contribution in [2.24, 2.45) is 0 Å². The summed E-state index contributed by atoms with van der Waals surface area (Å²) < 4.78 is 38.1. The number of hydrogen-bond donors (Lipinski definition) is 1. The number of morpholine rings is 1. The van der Waals surface area contributed by atoms with E-state index in [-0.39, 0.29) is 57.5 Å². The summed E-state index contributed by atoms with van der Waals surface area (Å²) in [5.74, 6) is 0.338. The van der Waals surface area contributed by atoms with Crippen molar-refractivity contribution in [3.63, 3.8) is 0 Å². The van der Waals surface area contributed by atoms with E-state index < -0.39 is 11.9 Å². The monoisotopic (exact) mass is 612 g/mol. The molecule has 1 fully saturated rings. The van der Waals surface area contributed by atoms with Gasteiger partial charge in [-0.05, 0) is 55.0 Å². The zero-order valence-corrected chi connectivity index (χ0v) is 24.2. The average molecular weight is 613 g/mol. The Labute approximate surface area is 252 Å². The van der Waals surface area contributed by atoms with Crippen molar-refractivity contribution in [2.75, 3.05) is 39.5 Å². The Hall–Kier alpha value is -3.72. The normalized spacial score (nSPS) is 14.4. The SMILES string of the molecule is Cc1cc(OC[C@H](O)CN2CCOCC2)ccc1-c1nnc(Cc2ccc(Cl)c(Oc3cc(Cl)cc(C#N)c3)c2F)o1. The largest absolute Gasteiger partial charge is 0.491 e. The lowest BCUT2D eigenvalue weighted by atomic mass is 10.1. The zero-order chi connectivity index (χ0) is 29.6. The Morgan fingerprint density at radius 3 is 2.67 bits per heavy atom. The third kappa shape index (κ3) is 7.37. The molecular weight excluding hydrogens is 586 g/mol. The fraction of sp³-hybridized carbons (Fsp3) is 0.300. The van der Waals surface area contributed by atoms with Crippen molar-refractivity contribution >= 4 is 23.2 Å². The molecule has 1 aliphatic heterocycles. The molecule has 1 aliphatic rings. The van der Waals surface area contributed by atoms with Crippen LogP contribution in [0.15, 0.2) is 52.9 Å². The summed E-state index contributed by atoms with van der Waals surface area (Å²) in [6.07, 6.45) is -0.631. The highest BCUT2D eigenvalue weighted by molar-refractivity contribution is 6.32. The van der Waals surface area contributed by atoms with Crippen LogP contribution in [0.2, 0.25) is 10.0 Å². The molecule has 1 atom stereocenters. The number of β-amino-alcohol motifs (C(OH)–C–C–N with tert-alkyl or cyclic N) is 1. The fourth-order valence-corrected chi connectivity index (χ4v) is 4.91. The standard InChI is InChI=1S/C30H27Cl2FN4O5/c1-18-10-23(40-17-22(38)16-37-6-8-39-9-7-37)3-4-25(18)30-36-35-27(42-30)13-20-2-5-26(32)29(28(20)33)41-24-12-19(15-34)11-21(31)14-24/h2-5,10-12,14,22,38H,6-9,13,16-17H2,1H3/t22-/m1/s1. The maximum Gasteiger partial charge on any atom is 0.248 e. The lowest BCUT2D eigenvalue weighted by Gasteiger charge is -2.28. The first-order valence-corrected chi connectivity index (χ1v) is 13.9. The molecule has 3 aromatic carbocycles. The first-order valence-electron chi connectivity index (χ1n) is 13.2. The van der Waals surface area contributed by atoms with E-state index in [4.69, 9.17) is 41.8 Å². The molecule has 0 spiro atoms. The van der Waals surface area contributed by atoms with Gasteiger partial charge in [-0.2, -0.15) is 5.26 Å². The van der Waals surface area contributed by atoms with Gasteiger partial charge in [-0.25, -0.2) is 4.39 Å². The Kier molecular flexibility index (Phi) is 9.57. The molecule has 0 amide bonds. The molecule has 4 aromatic rings. The summed E-state index contributed by atoms with van der Waals surface area (Å²) in [6.45, 7) is 5.50. The van der Waals surface area contributed by atoms with Gasteiger partial charge in [-0.1, -0.05) is 29.3 Å². The predicted molar refractivity (Wildman–Crippen MR) is 154 cm³/mol. The molecule has 0 aliphatic carbocycles. The number of hydrogen-bond acceptors (Lipinski definition) is 9.